The first-order valence-corrected chi connectivity index (χ1v) is 7.77. The molecule has 1 fully saturated rings. The zero-order valence-corrected chi connectivity index (χ0v) is 13.1. The molecule has 5 heteroatoms. The molecule has 0 heterocycles. The van der Waals surface area contributed by atoms with Crippen molar-refractivity contribution in [1.82, 2.24) is 10.2 Å². The highest BCUT2D eigenvalue weighted by Gasteiger charge is 2.29. The average molecular weight is 286 g/mol. The highest BCUT2D eigenvalue weighted by Crippen LogP contribution is 2.29. The van der Waals surface area contributed by atoms with Gasteiger partial charge in [-0.1, -0.05) is 13.3 Å². The molecule has 0 bridgehead atoms. The number of hydrogen-bond acceptors (Lipinski definition) is 3. The number of amides is 2. The maximum atomic E-state index is 12.3. The van der Waals surface area contributed by atoms with E-state index in [1.54, 1.807) is 0 Å². The zero-order chi connectivity index (χ0) is 14.4. The lowest BCUT2D eigenvalue weighted by molar-refractivity contribution is -0.136. The smallest absolute Gasteiger partial charge is 0.245 e. The van der Waals surface area contributed by atoms with Crippen molar-refractivity contribution in [2.24, 2.45) is 5.92 Å². The van der Waals surface area contributed by atoms with Gasteiger partial charge in [-0.05, 0) is 31.6 Å². The van der Waals surface area contributed by atoms with Gasteiger partial charge in [0.2, 0.25) is 11.8 Å². The predicted octanol–water partition coefficient (Wildman–Crippen LogP) is 1.85. The SMILES string of the molecule is CCC1CCC(N(C)C(=O)C(CS)NC(C)=O)CC1. The molecule has 0 aromatic carbocycles. The molecule has 19 heavy (non-hydrogen) atoms. The van der Waals surface area contributed by atoms with Gasteiger partial charge in [0.1, 0.15) is 6.04 Å². The van der Waals surface area contributed by atoms with Gasteiger partial charge in [-0.15, -0.1) is 0 Å². The van der Waals surface area contributed by atoms with E-state index in [0.717, 1.165) is 18.8 Å². The van der Waals surface area contributed by atoms with Gasteiger partial charge in [-0.25, -0.2) is 0 Å². The Hall–Kier alpha value is -0.710. The maximum Gasteiger partial charge on any atom is 0.245 e. The molecular formula is C14H26N2O2S. The van der Waals surface area contributed by atoms with E-state index in [-0.39, 0.29) is 11.8 Å². The third kappa shape index (κ3) is 4.71. The van der Waals surface area contributed by atoms with Crippen LogP contribution in [0.1, 0.15) is 46.0 Å². The van der Waals surface area contributed by atoms with Crippen molar-refractivity contribution in [3.8, 4) is 0 Å². The summed E-state index contributed by atoms with van der Waals surface area (Å²) in [6.07, 6.45) is 5.77. The normalized spacial score (nSPS) is 24.6. The monoisotopic (exact) mass is 286 g/mol. The van der Waals surface area contributed by atoms with Gasteiger partial charge >= 0.3 is 0 Å². The van der Waals surface area contributed by atoms with Crippen LogP contribution in [-0.2, 0) is 9.59 Å². The van der Waals surface area contributed by atoms with Crippen molar-refractivity contribution in [2.45, 2.75) is 58.0 Å². The Morgan fingerprint density at radius 1 is 1.32 bits per heavy atom. The second kappa shape index (κ2) is 7.78. The van der Waals surface area contributed by atoms with Crippen LogP contribution < -0.4 is 5.32 Å². The van der Waals surface area contributed by atoms with Crippen molar-refractivity contribution >= 4 is 24.4 Å². The van der Waals surface area contributed by atoms with Crippen LogP contribution in [0.25, 0.3) is 0 Å². The Bertz CT molecular complexity index is 315. The number of carbonyl (C=O) groups is 2. The summed E-state index contributed by atoms with van der Waals surface area (Å²) in [7, 11) is 1.84. The molecule has 110 valence electrons. The van der Waals surface area contributed by atoms with Gasteiger partial charge in [0, 0.05) is 25.8 Å². The fourth-order valence-electron chi connectivity index (χ4n) is 2.80. The molecule has 1 unspecified atom stereocenters. The van der Waals surface area contributed by atoms with Crippen LogP contribution in [0.15, 0.2) is 0 Å². The Labute approximate surface area is 121 Å². The van der Waals surface area contributed by atoms with Crippen molar-refractivity contribution in [1.29, 1.82) is 0 Å². The standard InChI is InChI=1S/C14H26N2O2S/c1-4-11-5-7-12(8-6-11)16(3)14(18)13(9-19)15-10(2)17/h11-13,19H,4-9H2,1-3H3,(H,15,17). The minimum absolute atomic E-state index is 0.0230. The van der Waals surface area contributed by atoms with Crippen LogP contribution in [0.4, 0.5) is 0 Å². The Morgan fingerprint density at radius 2 is 1.89 bits per heavy atom. The second-order valence-corrected chi connectivity index (χ2v) is 5.83. The molecule has 1 aliphatic rings. The highest BCUT2D eigenvalue weighted by atomic mass is 32.1. The van der Waals surface area contributed by atoms with Crippen LogP contribution in [0.2, 0.25) is 0 Å². The fraction of sp³-hybridized carbons (Fsp3) is 0.857. The first kappa shape index (κ1) is 16.3. The maximum absolute atomic E-state index is 12.3. The third-order valence-corrected chi connectivity index (χ3v) is 4.51. The van der Waals surface area contributed by atoms with Gasteiger partial charge in [0.15, 0.2) is 0 Å². The van der Waals surface area contributed by atoms with Crippen molar-refractivity contribution < 1.29 is 9.59 Å². The Balaban J connectivity index is 2.54. The molecule has 1 aliphatic carbocycles. The average Bonchev–Trinajstić information content (AvgIpc) is 2.43. The molecule has 0 aromatic rings. The van der Waals surface area contributed by atoms with Crippen molar-refractivity contribution in [3.63, 3.8) is 0 Å². The molecule has 1 saturated carbocycles. The molecule has 0 aromatic heterocycles. The summed E-state index contributed by atoms with van der Waals surface area (Å²) < 4.78 is 0. The Kier molecular flexibility index (Phi) is 6.69. The van der Waals surface area contributed by atoms with Crippen molar-refractivity contribution in [3.05, 3.63) is 0 Å². The molecule has 2 amide bonds. The summed E-state index contributed by atoms with van der Waals surface area (Å²) in [6, 6.07) is -0.193. The number of thiol groups is 1. The van der Waals surface area contributed by atoms with E-state index in [1.807, 2.05) is 11.9 Å². The van der Waals surface area contributed by atoms with Gasteiger partial charge in [-0.3, -0.25) is 9.59 Å². The Morgan fingerprint density at radius 3 is 2.32 bits per heavy atom. The van der Waals surface area contributed by atoms with Crippen LogP contribution in [0, 0.1) is 5.92 Å². The summed E-state index contributed by atoms with van der Waals surface area (Å²) in [4.78, 5) is 25.2. The summed E-state index contributed by atoms with van der Waals surface area (Å²) in [6.45, 7) is 3.66. The molecule has 0 radical (unpaired) electrons. The number of hydrogen-bond donors (Lipinski definition) is 2. The van der Waals surface area contributed by atoms with E-state index < -0.39 is 6.04 Å². The molecule has 0 spiro atoms. The number of nitrogens with zero attached hydrogens (tertiary/aromatic N) is 1. The lowest BCUT2D eigenvalue weighted by Crippen LogP contribution is -2.51. The van der Waals surface area contributed by atoms with Gasteiger partial charge < -0.3 is 10.2 Å². The van der Waals surface area contributed by atoms with Crippen molar-refractivity contribution in [2.75, 3.05) is 12.8 Å². The summed E-state index contributed by atoms with van der Waals surface area (Å²) in [5.41, 5.74) is 0. The van der Waals surface area contributed by atoms with E-state index in [9.17, 15) is 9.59 Å². The van der Waals surface area contributed by atoms with Crippen LogP contribution >= 0.6 is 12.6 Å². The lowest BCUT2D eigenvalue weighted by atomic mass is 9.84. The largest absolute Gasteiger partial charge is 0.344 e. The second-order valence-electron chi connectivity index (χ2n) is 5.47. The van der Waals surface area contributed by atoms with Crippen LogP contribution in [0.3, 0.4) is 0 Å². The number of carbonyl (C=O) groups excluding carboxylic acids is 2. The minimum atomic E-state index is -0.505. The van der Waals surface area contributed by atoms with E-state index in [1.165, 1.54) is 26.2 Å². The zero-order valence-electron chi connectivity index (χ0n) is 12.2. The summed E-state index contributed by atoms with van der Waals surface area (Å²) >= 11 is 4.16. The van der Waals surface area contributed by atoms with Gasteiger partial charge in [-0.2, -0.15) is 12.6 Å². The van der Waals surface area contributed by atoms with Crippen LogP contribution in [-0.4, -0.2) is 41.6 Å². The molecule has 4 nitrogen and oxygen atoms in total. The first-order chi connectivity index (χ1) is 8.99. The summed E-state index contributed by atoms with van der Waals surface area (Å²) in [5.74, 6) is 0.948. The molecule has 0 saturated heterocycles. The third-order valence-electron chi connectivity index (χ3n) is 4.15. The van der Waals surface area contributed by atoms with E-state index >= 15 is 0 Å². The number of rotatable bonds is 5. The van der Waals surface area contributed by atoms with E-state index in [0.29, 0.717) is 11.8 Å². The molecule has 1 atom stereocenters. The highest BCUT2D eigenvalue weighted by molar-refractivity contribution is 7.80. The van der Waals surface area contributed by atoms with Crippen LogP contribution in [0.5, 0.6) is 0 Å². The minimum Gasteiger partial charge on any atom is -0.344 e. The topological polar surface area (TPSA) is 49.4 Å². The fourth-order valence-corrected chi connectivity index (χ4v) is 3.04. The molecule has 1 rings (SSSR count). The lowest BCUT2D eigenvalue weighted by Gasteiger charge is -2.36. The molecule has 0 aliphatic heterocycles. The number of likely N-dealkylation sites (N-methyl/N-ethyl adjacent to an activating group) is 1. The summed E-state index contributed by atoms with van der Waals surface area (Å²) in [5, 5.41) is 2.66. The first-order valence-electron chi connectivity index (χ1n) is 7.14. The van der Waals surface area contributed by atoms with E-state index in [2.05, 4.69) is 24.9 Å². The molecular weight excluding hydrogens is 260 g/mol. The quantitative estimate of drug-likeness (QED) is 0.758. The molecule has 1 N–H and O–H groups in total. The predicted molar refractivity (Wildman–Crippen MR) is 80.3 cm³/mol. The number of nitrogens with one attached hydrogen (secondary N) is 1. The van der Waals surface area contributed by atoms with E-state index in [4.69, 9.17) is 0 Å². The van der Waals surface area contributed by atoms with Gasteiger partial charge in [0.25, 0.3) is 0 Å². The van der Waals surface area contributed by atoms with Gasteiger partial charge in [0.05, 0.1) is 0 Å².